The number of hydrogen-bond acceptors (Lipinski definition) is 6. The van der Waals surface area contributed by atoms with Gasteiger partial charge < -0.3 is 19.9 Å². The van der Waals surface area contributed by atoms with Crippen LogP contribution in [0.3, 0.4) is 0 Å². The van der Waals surface area contributed by atoms with Crippen molar-refractivity contribution in [2.45, 2.75) is 77.1 Å². The highest BCUT2D eigenvalue weighted by molar-refractivity contribution is 5.92. The zero-order valence-corrected chi connectivity index (χ0v) is 23.1. The van der Waals surface area contributed by atoms with Crippen LogP contribution in [-0.2, 0) is 24.4 Å². The van der Waals surface area contributed by atoms with E-state index in [1.165, 1.54) is 29.4 Å². The number of pyridine rings is 1. The normalized spacial score (nSPS) is 14.7. The van der Waals surface area contributed by atoms with E-state index in [2.05, 4.69) is 25.7 Å². The molecule has 1 aliphatic carbocycles. The van der Waals surface area contributed by atoms with Gasteiger partial charge in [-0.1, -0.05) is 24.5 Å². The summed E-state index contributed by atoms with van der Waals surface area (Å²) in [6.45, 7) is -0.674. The number of aryl methyl sites for hydroxylation is 1. The van der Waals surface area contributed by atoms with Crippen molar-refractivity contribution in [1.29, 1.82) is 0 Å². The molecule has 15 heteroatoms. The van der Waals surface area contributed by atoms with Gasteiger partial charge in [0.15, 0.2) is 5.69 Å². The molecular formula is C28H31F5N6O4. The second-order valence-electron chi connectivity index (χ2n) is 10.4. The molecular weight excluding hydrogens is 579 g/mol. The number of benzene rings is 1. The molecule has 1 fully saturated rings. The lowest BCUT2D eigenvalue weighted by atomic mass is 9.87. The first-order chi connectivity index (χ1) is 20.4. The van der Waals surface area contributed by atoms with Crippen LogP contribution >= 0.6 is 0 Å². The molecule has 1 aromatic carbocycles. The maximum Gasteiger partial charge on any atom is 0.573 e. The molecule has 10 nitrogen and oxygen atoms in total. The number of rotatable bonds is 12. The van der Waals surface area contributed by atoms with Gasteiger partial charge in [0.25, 0.3) is 11.5 Å². The van der Waals surface area contributed by atoms with Gasteiger partial charge >= 0.3 is 6.36 Å². The van der Waals surface area contributed by atoms with Gasteiger partial charge in [0, 0.05) is 43.0 Å². The number of nitrogens with zero attached hydrogens (tertiary/aromatic N) is 4. The topological polar surface area (TPSA) is 120 Å². The van der Waals surface area contributed by atoms with Crippen LogP contribution in [0, 0.1) is 11.7 Å². The number of alkyl halides is 4. The molecule has 2 amide bonds. The number of ether oxygens (including phenoxy) is 1. The Morgan fingerprint density at radius 3 is 2.60 bits per heavy atom. The van der Waals surface area contributed by atoms with Crippen LogP contribution in [0.25, 0.3) is 0 Å². The number of carbonyl (C=O) groups excluding carboxylic acids is 2. The Morgan fingerprint density at radius 2 is 1.88 bits per heavy atom. The van der Waals surface area contributed by atoms with Gasteiger partial charge in [-0.15, -0.1) is 18.3 Å². The summed E-state index contributed by atoms with van der Waals surface area (Å²) < 4.78 is 72.0. The third-order valence-corrected chi connectivity index (χ3v) is 7.01. The van der Waals surface area contributed by atoms with E-state index in [1.54, 1.807) is 6.07 Å². The van der Waals surface area contributed by atoms with Crippen LogP contribution in [0.2, 0.25) is 0 Å². The smallest absolute Gasteiger partial charge is 0.406 e. The van der Waals surface area contributed by atoms with Gasteiger partial charge in [0.2, 0.25) is 5.91 Å². The van der Waals surface area contributed by atoms with E-state index in [0.717, 1.165) is 48.6 Å². The van der Waals surface area contributed by atoms with Crippen molar-refractivity contribution in [3.63, 3.8) is 0 Å². The maximum atomic E-state index is 14.7. The summed E-state index contributed by atoms with van der Waals surface area (Å²) in [7, 11) is 0. The predicted molar refractivity (Wildman–Crippen MR) is 144 cm³/mol. The van der Waals surface area contributed by atoms with E-state index in [1.807, 2.05) is 0 Å². The first-order valence-corrected chi connectivity index (χ1v) is 13.8. The fourth-order valence-corrected chi connectivity index (χ4v) is 4.85. The quantitative estimate of drug-likeness (QED) is 0.286. The number of aromatic nitrogens is 4. The molecule has 0 bridgehead atoms. The fraction of sp³-hybridized carbons (Fsp3) is 0.464. The Kier molecular flexibility index (Phi) is 10.5. The van der Waals surface area contributed by atoms with Crippen LogP contribution in [0.4, 0.5) is 27.6 Å². The largest absolute Gasteiger partial charge is 0.573 e. The lowest BCUT2D eigenvalue weighted by Gasteiger charge is -2.20. The van der Waals surface area contributed by atoms with Crippen molar-refractivity contribution in [3.05, 3.63) is 70.2 Å². The van der Waals surface area contributed by atoms with Gasteiger partial charge in [-0.3, -0.25) is 14.4 Å². The van der Waals surface area contributed by atoms with Gasteiger partial charge in [0.05, 0.1) is 12.7 Å². The number of hydrogen-bond donors (Lipinski definition) is 2. The third-order valence-electron chi connectivity index (χ3n) is 7.01. The van der Waals surface area contributed by atoms with E-state index in [0.29, 0.717) is 18.0 Å². The summed E-state index contributed by atoms with van der Waals surface area (Å²) in [4.78, 5) is 37.1. The highest BCUT2D eigenvalue weighted by Gasteiger charge is 2.31. The number of anilines is 1. The Morgan fingerprint density at radius 1 is 1.12 bits per heavy atom. The molecule has 4 rings (SSSR count). The van der Waals surface area contributed by atoms with Crippen LogP contribution in [-0.4, -0.2) is 43.9 Å². The van der Waals surface area contributed by atoms with E-state index in [-0.39, 0.29) is 36.7 Å². The zero-order chi connectivity index (χ0) is 31.0. The van der Waals surface area contributed by atoms with Crippen molar-refractivity contribution in [1.82, 2.24) is 24.9 Å². The Hall–Kier alpha value is -4.30. The van der Waals surface area contributed by atoms with Crippen LogP contribution in [0.15, 0.2) is 47.5 Å². The van der Waals surface area contributed by atoms with Crippen molar-refractivity contribution in [3.8, 4) is 5.75 Å². The lowest BCUT2D eigenvalue weighted by molar-refractivity contribution is -0.274. The fourth-order valence-electron chi connectivity index (χ4n) is 4.85. The van der Waals surface area contributed by atoms with Gasteiger partial charge in [-0.2, -0.15) is 0 Å². The average Bonchev–Trinajstić information content (AvgIpc) is 3.41. The van der Waals surface area contributed by atoms with Crippen molar-refractivity contribution in [2.75, 3.05) is 5.32 Å². The van der Waals surface area contributed by atoms with Crippen molar-refractivity contribution < 1.29 is 36.3 Å². The highest BCUT2D eigenvalue weighted by Crippen LogP contribution is 2.27. The van der Waals surface area contributed by atoms with Gasteiger partial charge in [-0.25, -0.2) is 13.5 Å². The van der Waals surface area contributed by atoms with Gasteiger partial charge in [0.1, 0.15) is 17.7 Å². The molecule has 2 N–H and O–H groups in total. The molecule has 1 unspecified atom stereocenters. The summed E-state index contributed by atoms with van der Waals surface area (Å²) in [6, 6.07) is 5.26. The minimum absolute atomic E-state index is 0.0513. The lowest BCUT2D eigenvalue weighted by Crippen LogP contribution is -2.24. The third kappa shape index (κ3) is 9.89. The van der Waals surface area contributed by atoms with Crippen LogP contribution in [0.1, 0.15) is 61.0 Å². The minimum Gasteiger partial charge on any atom is -0.406 e. The van der Waals surface area contributed by atoms with E-state index in [9.17, 15) is 36.3 Å². The van der Waals surface area contributed by atoms with E-state index >= 15 is 0 Å². The molecule has 2 heterocycles. The van der Waals surface area contributed by atoms with E-state index < -0.39 is 42.1 Å². The first-order valence-electron chi connectivity index (χ1n) is 13.8. The zero-order valence-electron chi connectivity index (χ0n) is 23.1. The number of amides is 2. The number of carbonyl (C=O) groups is 2. The molecule has 232 valence electrons. The second kappa shape index (κ2) is 14.2. The summed E-state index contributed by atoms with van der Waals surface area (Å²) in [5.41, 5.74) is -0.476. The molecule has 0 saturated heterocycles. The van der Waals surface area contributed by atoms with Crippen molar-refractivity contribution >= 4 is 17.5 Å². The van der Waals surface area contributed by atoms with E-state index in [4.69, 9.17) is 0 Å². The Labute approximate surface area is 243 Å². The maximum absolute atomic E-state index is 14.7. The van der Waals surface area contributed by atoms with Crippen LogP contribution in [0.5, 0.6) is 5.75 Å². The SMILES string of the molecule is O=C(CC1CCCCC1)Nc1ccn(CCC(F)Cn2cc(C(=O)NCc3cc(OC(F)(F)F)ccc3F)nn2)c(=O)c1. The second-order valence-corrected chi connectivity index (χ2v) is 10.4. The first kappa shape index (κ1) is 31.6. The molecule has 0 aliphatic heterocycles. The Balaban J connectivity index is 1.23. The molecule has 0 spiro atoms. The number of nitrogens with one attached hydrogen (secondary N) is 2. The summed E-state index contributed by atoms with van der Waals surface area (Å²) in [5, 5.41) is 12.4. The molecule has 2 aromatic heterocycles. The molecule has 43 heavy (non-hydrogen) atoms. The number of halogens is 5. The molecule has 0 radical (unpaired) electrons. The van der Waals surface area contributed by atoms with Crippen LogP contribution < -0.4 is 20.9 Å². The standard InChI is InChI=1S/C28H31F5N6O4/c29-20(8-10-38-11-9-21(14-26(38)41)35-25(40)12-18-4-2-1-3-5-18)16-39-17-24(36-37-39)27(42)34-15-19-13-22(6-7-23(19)30)43-28(31,32)33/h6-7,9,11,13-14,17-18,20H,1-5,8,10,12,15-16H2,(H,34,42)(H,35,40). The molecule has 1 saturated carbocycles. The monoisotopic (exact) mass is 610 g/mol. The average molecular weight is 611 g/mol. The molecule has 1 aliphatic rings. The van der Waals surface area contributed by atoms with Gasteiger partial charge in [-0.05, 0) is 49.4 Å². The summed E-state index contributed by atoms with van der Waals surface area (Å²) >= 11 is 0. The van der Waals surface area contributed by atoms with Crippen molar-refractivity contribution in [2.24, 2.45) is 5.92 Å². The summed E-state index contributed by atoms with van der Waals surface area (Å²) in [5.74, 6) is -2.07. The highest BCUT2D eigenvalue weighted by atomic mass is 19.4. The predicted octanol–water partition coefficient (Wildman–Crippen LogP) is 4.74. The summed E-state index contributed by atoms with van der Waals surface area (Å²) in [6.07, 6.45) is 2.13. The molecule has 3 aromatic rings. The minimum atomic E-state index is -4.96. The molecule has 1 atom stereocenters. The Bertz CT molecular complexity index is 1470.